The molecule has 1 rings (SSSR count). The lowest BCUT2D eigenvalue weighted by atomic mass is 9.81. The lowest BCUT2D eigenvalue weighted by Gasteiger charge is -2.30. The minimum Gasteiger partial charge on any atom is -0.383 e. The minimum atomic E-state index is -3.45. The number of para-hydroxylation sites is 1. The van der Waals surface area contributed by atoms with Gasteiger partial charge in [0.25, 0.3) is 0 Å². The zero-order chi connectivity index (χ0) is 16.1. The summed E-state index contributed by atoms with van der Waals surface area (Å²) in [7, 11) is -3.45. The Hall–Kier alpha value is -1.07. The van der Waals surface area contributed by atoms with E-state index in [1.807, 2.05) is 19.1 Å². The first-order valence-electron chi connectivity index (χ1n) is 7.53. The molecule has 0 radical (unpaired) electrons. The summed E-state index contributed by atoms with van der Waals surface area (Å²) in [4.78, 5) is 0.318. The van der Waals surface area contributed by atoms with Crippen molar-refractivity contribution in [2.45, 2.75) is 45.9 Å². The molecule has 2 N–H and O–H groups in total. The molecule has 1 aromatic carbocycles. The average Bonchev–Trinajstić information content (AvgIpc) is 2.43. The van der Waals surface area contributed by atoms with Gasteiger partial charge in [-0.2, -0.15) is 0 Å². The smallest absolute Gasteiger partial charge is 0.242 e. The Kier molecular flexibility index (Phi) is 6.23. The Labute approximate surface area is 129 Å². The van der Waals surface area contributed by atoms with Crippen LogP contribution in [0, 0.1) is 11.3 Å². The molecule has 4 nitrogen and oxygen atoms in total. The van der Waals surface area contributed by atoms with Crippen LogP contribution in [-0.2, 0) is 10.0 Å². The third kappa shape index (κ3) is 5.00. The molecular weight excluding hydrogens is 284 g/mol. The fourth-order valence-corrected chi connectivity index (χ4v) is 3.00. The molecule has 120 valence electrons. The molecule has 0 heterocycles. The summed E-state index contributed by atoms with van der Waals surface area (Å²) in [6, 6.07) is 7.06. The Morgan fingerprint density at radius 3 is 2.38 bits per heavy atom. The van der Waals surface area contributed by atoms with Crippen LogP contribution in [0.1, 0.15) is 41.0 Å². The van der Waals surface area contributed by atoms with E-state index < -0.39 is 10.0 Å². The zero-order valence-corrected chi connectivity index (χ0v) is 14.5. The highest BCUT2D eigenvalue weighted by Gasteiger charge is 2.23. The molecule has 0 saturated carbocycles. The SMILES string of the molecule is CCCNS(=O)(=O)c1ccccc1NCC(C)(C)C(C)C. The van der Waals surface area contributed by atoms with E-state index >= 15 is 0 Å². The van der Waals surface area contributed by atoms with Gasteiger partial charge in [0.1, 0.15) is 4.90 Å². The zero-order valence-electron chi connectivity index (χ0n) is 13.7. The predicted molar refractivity (Wildman–Crippen MR) is 89.0 cm³/mol. The Balaban J connectivity index is 2.95. The molecule has 0 atom stereocenters. The molecule has 0 bridgehead atoms. The van der Waals surface area contributed by atoms with Gasteiger partial charge in [0, 0.05) is 13.1 Å². The number of sulfonamides is 1. The number of hydrogen-bond donors (Lipinski definition) is 2. The standard InChI is InChI=1S/C16H28N2O2S/c1-6-11-18-21(19,20)15-10-8-7-9-14(15)17-12-16(4,5)13(2)3/h7-10,13,17-18H,6,11-12H2,1-5H3. The van der Waals surface area contributed by atoms with E-state index in [4.69, 9.17) is 0 Å². The third-order valence-corrected chi connectivity index (χ3v) is 5.54. The van der Waals surface area contributed by atoms with Crippen LogP contribution in [0.4, 0.5) is 5.69 Å². The first-order chi connectivity index (χ1) is 9.70. The van der Waals surface area contributed by atoms with E-state index in [0.29, 0.717) is 23.0 Å². The monoisotopic (exact) mass is 312 g/mol. The molecule has 0 unspecified atom stereocenters. The summed E-state index contributed by atoms with van der Waals surface area (Å²) in [6.45, 7) is 11.8. The Morgan fingerprint density at radius 2 is 1.81 bits per heavy atom. The molecule has 0 aliphatic heterocycles. The van der Waals surface area contributed by atoms with Gasteiger partial charge in [-0.3, -0.25) is 0 Å². The highest BCUT2D eigenvalue weighted by atomic mass is 32.2. The number of hydrogen-bond acceptors (Lipinski definition) is 3. The van der Waals surface area contributed by atoms with E-state index in [1.165, 1.54) is 0 Å². The summed E-state index contributed by atoms with van der Waals surface area (Å²) in [6.07, 6.45) is 0.773. The molecule has 0 spiro atoms. The largest absolute Gasteiger partial charge is 0.383 e. The van der Waals surface area contributed by atoms with Crippen LogP contribution in [0.15, 0.2) is 29.2 Å². The molecule has 21 heavy (non-hydrogen) atoms. The van der Waals surface area contributed by atoms with Crippen molar-refractivity contribution in [3.63, 3.8) is 0 Å². The fraction of sp³-hybridized carbons (Fsp3) is 0.625. The Morgan fingerprint density at radius 1 is 1.19 bits per heavy atom. The van der Waals surface area contributed by atoms with Crippen molar-refractivity contribution in [3.8, 4) is 0 Å². The minimum absolute atomic E-state index is 0.0910. The number of anilines is 1. The van der Waals surface area contributed by atoms with Crippen LogP contribution < -0.4 is 10.0 Å². The van der Waals surface area contributed by atoms with Crippen LogP contribution in [0.3, 0.4) is 0 Å². The first-order valence-corrected chi connectivity index (χ1v) is 9.01. The van der Waals surface area contributed by atoms with E-state index in [-0.39, 0.29) is 5.41 Å². The van der Waals surface area contributed by atoms with Crippen molar-refractivity contribution in [3.05, 3.63) is 24.3 Å². The van der Waals surface area contributed by atoms with Crippen LogP contribution in [-0.4, -0.2) is 21.5 Å². The van der Waals surface area contributed by atoms with Crippen molar-refractivity contribution in [1.82, 2.24) is 4.72 Å². The summed E-state index contributed by atoms with van der Waals surface area (Å²) in [5.74, 6) is 0.506. The van der Waals surface area contributed by atoms with Gasteiger partial charge in [-0.25, -0.2) is 13.1 Å². The van der Waals surface area contributed by atoms with E-state index in [2.05, 4.69) is 37.7 Å². The topological polar surface area (TPSA) is 58.2 Å². The van der Waals surface area contributed by atoms with E-state index in [9.17, 15) is 8.42 Å². The van der Waals surface area contributed by atoms with Crippen LogP contribution in [0.2, 0.25) is 0 Å². The third-order valence-electron chi connectivity index (χ3n) is 4.02. The normalized spacial score (nSPS) is 12.7. The second kappa shape index (κ2) is 7.27. The summed E-state index contributed by atoms with van der Waals surface area (Å²) in [5.41, 5.74) is 0.753. The summed E-state index contributed by atoms with van der Waals surface area (Å²) in [5, 5.41) is 3.30. The van der Waals surface area contributed by atoms with Crippen molar-refractivity contribution in [2.75, 3.05) is 18.4 Å². The van der Waals surface area contributed by atoms with Gasteiger partial charge < -0.3 is 5.32 Å². The molecule has 1 aromatic rings. The molecule has 0 amide bonds. The van der Waals surface area contributed by atoms with Gasteiger partial charge in [-0.1, -0.05) is 46.8 Å². The highest BCUT2D eigenvalue weighted by Crippen LogP contribution is 2.28. The summed E-state index contributed by atoms with van der Waals surface area (Å²) < 4.78 is 27.3. The number of rotatable bonds is 8. The van der Waals surface area contributed by atoms with Gasteiger partial charge in [0.2, 0.25) is 10.0 Å². The quantitative estimate of drug-likeness (QED) is 0.773. The van der Waals surface area contributed by atoms with Crippen LogP contribution in [0.25, 0.3) is 0 Å². The second-order valence-electron chi connectivity index (χ2n) is 6.39. The molecule has 0 aliphatic carbocycles. The van der Waals surface area contributed by atoms with Crippen molar-refractivity contribution >= 4 is 15.7 Å². The predicted octanol–water partition coefficient (Wildman–Crippen LogP) is 3.47. The van der Waals surface area contributed by atoms with E-state index in [0.717, 1.165) is 13.0 Å². The van der Waals surface area contributed by atoms with E-state index in [1.54, 1.807) is 12.1 Å². The lowest BCUT2D eigenvalue weighted by Crippen LogP contribution is -2.30. The number of benzene rings is 1. The molecule has 0 saturated heterocycles. The van der Waals surface area contributed by atoms with Crippen molar-refractivity contribution in [1.29, 1.82) is 0 Å². The maximum atomic E-state index is 12.3. The van der Waals surface area contributed by atoms with Gasteiger partial charge in [-0.15, -0.1) is 0 Å². The lowest BCUT2D eigenvalue weighted by molar-refractivity contribution is 0.269. The highest BCUT2D eigenvalue weighted by molar-refractivity contribution is 7.89. The van der Waals surface area contributed by atoms with Gasteiger partial charge in [-0.05, 0) is 29.9 Å². The fourth-order valence-electron chi connectivity index (χ4n) is 1.69. The Bertz CT molecular complexity index is 551. The van der Waals surface area contributed by atoms with Crippen molar-refractivity contribution < 1.29 is 8.42 Å². The molecule has 0 fully saturated rings. The van der Waals surface area contributed by atoms with Crippen LogP contribution in [0.5, 0.6) is 0 Å². The van der Waals surface area contributed by atoms with Crippen molar-refractivity contribution in [2.24, 2.45) is 11.3 Å². The van der Waals surface area contributed by atoms with Gasteiger partial charge in [0.15, 0.2) is 0 Å². The summed E-state index contributed by atoms with van der Waals surface area (Å²) >= 11 is 0. The number of nitrogens with one attached hydrogen (secondary N) is 2. The maximum absolute atomic E-state index is 12.3. The molecular formula is C16H28N2O2S. The average molecular weight is 312 g/mol. The molecule has 0 aliphatic rings. The first kappa shape index (κ1) is 18.0. The molecule has 0 aromatic heterocycles. The van der Waals surface area contributed by atoms with Crippen LogP contribution >= 0.6 is 0 Å². The van der Waals surface area contributed by atoms with Gasteiger partial charge >= 0.3 is 0 Å². The molecule has 5 heteroatoms. The second-order valence-corrected chi connectivity index (χ2v) is 8.13. The maximum Gasteiger partial charge on any atom is 0.242 e. The van der Waals surface area contributed by atoms with Gasteiger partial charge in [0.05, 0.1) is 5.69 Å².